The summed E-state index contributed by atoms with van der Waals surface area (Å²) in [7, 11) is -1.23. The lowest BCUT2D eigenvalue weighted by atomic mass is 10.1. The van der Waals surface area contributed by atoms with Gasteiger partial charge in [-0.25, -0.2) is 14.6 Å². The molecule has 2 heterocycles. The highest BCUT2D eigenvalue weighted by atomic mass is 35.5. The van der Waals surface area contributed by atoms with E-state index >= 15 is 0 Å². The number of para-hydroxylation sites is 1. The highest BCUT2D eigenvalue weighted by molar-refractivity contribution is 6.76. The molecular formula is C24H24Cl2N4O3Si. The van der Waals surface area contributed by atoms with Crippen LogP contribution in [0.25, 0.3) is 11.0 Å². The standard InChI is InChI=1S/C24H24Cl2N4O3Si/c1-34(2,3)12-11-32-15-30-24-20(23(26)27-14-28-24)21(29-30)22(31)18-10-9-17(13-19(18)25)33-16-7-5-4-6-8-16/h4-10,13-14H,11-12,15H2,1-3H3. The molecule has 34 heavy (non-hydrogen) atoms. The summed E-state index contributed by atoms with van der Waals surface area (Å²) in [6.45, 7) is 7.60. The molecule has 0 saturated heterocycles. The van der Waals surface area contributed by atoms with Crippen molar-refractivity contribution in [1.29, 1.82) is 0 Å². The minimum absolute atomic E-state index is 0.119. The first-order valence-corrected chi connectivity index (χ1v) is 15.2. The first-order valence-electron chi connectivity index (χ1n) is 10.7. The zero-order valence-corrected chi connectivity index (χ0v) is 21.6. The SMILES string of the molecule is C[Si](C)(C)CCOCn1nc(C(=O)c2ccc(Oc3ccccc3)cc2Cl)c2c(Cl)ncnc21. The molecular weight excluding hydrogens is 491 g/mol. The van der Waals surface area contributed by atoms with E-state index in [9.17, 15) is 4.79 Å². The molecule has 0 aliphatic heterocycles. The third-order valence-corrected chi connectivity index (χ3v) is 7.38. The molecule has 0 fully saturated rings. The summed E-state index contributed by atoms with van der Waals surface area (Å²) in [5, 5.41) is 5.21. The Labute approximate surface area is 208 Å². The highest BCUT2D eigenvalue weighted by Crippen LogP contribution is 2.31. The molecule has 4 aromatic rings. The fourth-order valence-electron chi connectivity index (χ4n) is 3.25. The van der Waals surface area contributed by atoms with Crippen molar-refractivity contribution in [3.63, 3.8) is 0 Å². The van der Waals surface area contributed by atoms with E-state index in [2.05, 4.69) is 34.7 Å². The zero-order valence-electron chi connectivity index (χ0n) is 19.1. The predicted octanol–water partition coefficient (Wildman–Crippen LogP) is 6.47. The Morgan fingerprint density at radius 1 is 1.03 bits per heavy atom. The lowest BCUT2D eigenvalue weighted by molar-refractivity contribution is 0.0805. The molecule has 0 aliphatic rings. The quantitative estimate of drug-likeness (QED) is 0.110. The van der Waals surface area contributed by atoms with Crippen LogP contribution in [0.1, 0.15) is 16.1 Å². The molecule has 0 saturated carbocycles. The van der Waals surface area contributed by atoms with Crippen LogP contribution in [-0.4, -0.2) is 40.2 Å². The van der Waals surface area contributed by atoms with Crippen LogP contribution in [0.2, 0.25) is 35.9 Å². The molecule has 2 aromatic heterocycles. The predicted molar refractivity (Wildman–Crippen MR) is 136 cm³/mol. The topological polar surface area (TPSA) is 79.1 Å². The average Bonchev–Trinajstić information content (AvgIpc) is 3.16. The Bertz CT molecular complexity index is 1320. The number of nitrogens with zero attached hydrogens (tertiary/aromatic N) is 4. The Balaban J connectivity index is 1.61. The van der Waals surface area contributed by atoms with Gasteiger partial charge >= 0.3 is 0 Å². The molecule has 10 heteroatoms. The second-order valence-corrected chi connectivity index (χ2v) is 15.3. The maximum Gasteiger partial charge on any atom is 0.215 e. The summed E-state index contributed by atoms with van der Waals surface area (Å²) in [4.78, 5) is 21.7. The molecule has 0 aliphatic carbocycles. The number of ether oxygens (including phenoxy) is 2. The molecule has 0 unspecified atom stereocenters. The van der Waals surface area contributed by atoms with Gasteiger partial charge in [0, 0.05) is 26.3 Å². The minimum Gasteiger partial charge on any atom is -0.457 e. The van der Waals surface area contributed by atoms with E-state index in [1.54, 1.807) is 18.2 Å². The van der Waals surface area contributed by atoms with E-state index in [1.165, 1.54) is 11.0 Å². The Hall–Kier alpha value is -2.78. The van der Waals surface area contributed by atoms with Crippen LogP contribution in [0.4, 0.5) is 0 Å². The number of carbonyl (C=O) groups is 1. The van der Waals surface area contributed by atoms with E-state index in [0.717, 1.165) is 6.04 Å². The number of hydrogen-bond acceptors (Lipinski definition) is 6. The van der Waals surface area contributed by atoms with E-state index in [0.29, 0.717) is 29.1 Å². The molecule has 0 atom stereocenters. The van der Waals surface area contributed by atoms with Gasteiger partial charge in [0.05, 0.1) is 10.4 Å². The number of rotatable bonds is 9. The molecule has 0 N–H and O–H groups in total. The van der Waals surface area contributed by atoms with Crippen molar-refractivity contribution in [2.45, 2.75) is 32.4 Å². The van der Waals surface area contributed by atoms with Crippen LogP contribution in [0.15, 0.2) is 54.9 Å². The van der Waals surface area contributed by atoms with Gasteiger partial charge in [0.2, 0.25) is 5.78 Å². The van der Waals surface area contributed by atoms with Crippen molar-refractivity contribution in [3.05, 3.63) is 76.3 Å². The smallest absolute Gasteiger partial charge is 0.215 e. The van der Waals surface area contributed by atoms with Crippen molar-refractivity contribution in [2.24, 2.45) is 0 Å². The van der Waals surface area contributed by atoms with Gasteiger partial charge in [-0.15, -0.1) is 0 Å². The number of halogens is 2. The molecule has 7 nitrogen and oxygen atoms in total. The molecule has 0 amide bonds. The van der Waals surface area contributed by atoms with Gasteiger partial charge in [0.25, 0.3) is 0 Å². The second kappa shape index (κ2) is 10.2. The van der Waals surface area contributed by atoms with Gasteiger partial charge in [0.1, 0.15) is 35.4 Å². The minimum atomic E-state index is -1.23. The van der Waals surface area contributed by atoms with Crippen LogP contribution in [-0.2, 0) is 11.5 Å². The van der Waals surface area contributed by atoms with Crippen LogP contribution >= 0.6 is 23.2 Å². The second-order valence-electron chi connectivity index (χ2n) is 8.95. The van der Waals surface area contributed by atoms with Crippen LogP contribution in [0.3, 0.4) is 0 Å². The Morgan fingerprint density at radius 2 is 1.79 bits per heavy atom. The lowest BCUT2D eigenvalue weighted by Crippen LogP contribution is -2.22. The van der Waals surface area contributed by atoms with Crippen molar-refractivity contribution in [2.75, 3.05) is 6.61 Å². The Morgan fingerprint density at radius 3 is 2.50 bits per heavy atom. The van der Waals surface area contributed by atoms with Gasteiger partial charge in [-0.3, -0.25) is 4.79 Å². The molecule has 0 spiro atoms. The van der Waals surface area contributed by atoms with Crippen molar-refractivity contribution >= 4 is 48.1 Å². The third kappa shape index (κ3) is 5.64. The highest BCUT2D eigenvalue weighted by Gasteiger charge is 2.24. The number of carbonyl (C=O) groups excluding carboxylic acids is 1. The fourth-order valence-corrected chi connectivity index (χ4v) is 4.48. The maximum atomic E-state index is 13.4. The Kier molecular flexibility index (Phi) is 7.32. The van der Waals surface area contributed by atoms with Crippen LogP contribution in [0, 0.1) is 0 Å². The van der Waals surface area contributed by atoms with Gasteiger partial charge < -0.3 is 9.47 Å². The number of aromatic nitrogens is 4. The van der Waals surface area contributed by atoms with Crippen molar-refractivity contribution in [1.82, 2.24) is 19.7 Å². The maximum absolute atomic E-state index is 13.4. The van der Waals surface area contributed by atoms with Crippen LogP contribution < -0.4 is 4.74 Å². The summed E-state index contributed by atoms with van der Waals surface area (Å²) < 4.78 is 13.1. The van der Waals surface area contributed by atoms with Crippen LogP contribution in [0.5, 0.6) is 11.5 Å². The van der Waals surface area contributed by atoms with E-state index in [4.69, 9.17) is 32.7 Å². The lowest BCUT2D eigenvalue weighted by Gasteiger charge is -2.15. The first kappa shape index (κ1) is 24.3. The average molecular weight is 515 g/mol. The number of hydrogen-bond donors (Lipinski definition) is 0. The molecule has 0 radical (unpaired) electrons. The fraction of sp³-hybridized carbons (Fsp3) is 0.250. The van der Waals surface area contributed by atoms with Gasteiger partial charge in [0.15, 0.2) is 5.65 Å². The summed E-state index contributed by atoms with van der Waals surface area (Å²) in [6.07, 6.45) is 1.34. The van der Waals surface area contributed by atoms with Crippen molar-refractivity contribution in [3.8, 4) is 11.5 Å². The van der Waals surface area contributed by atoms with E-state index in [1.807, 2.05) is 30.3 Å². The number of fused-ring (bicyclic) bond motifs is 1. The summed E-state index contributed by atoms with van der Waals surface area (Å²) >= 11 is 12.8. The monoisotopic (exact) mass is 514 g/mol. The third-order valence-electron chi connectivity index (χ3n) is 5.07. The molecule has 0 bridgehead atoms. The summed E-state index contributed by atoms with van der Waals surface area (Å²) in [6, 6.07) is 15.2. The van der Waals surface area contributed by atoms with Gasteiger partial charge in [-0.1, -0.05) is 61.0 Å². The zero-order chi connectivity index (χ0) is 24.3. The van der Waals surface area contributed by atoms with E-state index < -0.39 is 8.07 Å². The largest absolute Gasteiger partial charge is 0.457 e. The van der Waals surface area contributed by atoms with Gasteiger partial charge in [-0.05, 0) is 30.3 Å². The molecule has 2 aromatic carbocycles. The number of ketones is 1. The number of benzene rings is 2. The van der Waals surface area contributed by atoms with Gasteiger partial charge in [-0.2, -0.15) is 5.10 Å². The molecule has 4 rings (SSSR count). The summed E-state index contributed by atoms with van der Waals surface area (Å²) in [5.74, 6) is 0.791. The van der Waals surface area contributed by atoms with Crippen molar-refractivity contribution < 1.29 is 14.3 Å². The molecule has 176 valence electrons. The first-order chi connectivity index (χ1) is 16.2. The summed E-state index contributed by atoms with van der Waals surface area (Å²) in [5.41, 5.74) is 0.817. The normalized spacial score (nSPS) is 11.7. The van der Waals surface area contributed by atoms with E-state index in [-0.39, 0.29) is 33.9 Å².